The van der Waals surface area contributed by atoms with E-state index in [0.717, 1.165) is 39.0 Å². The first-order chi connectivity index (χ1) is 8.60. The maximum absolute atomic E-state index is 12.3. The van der Waals surface area contributed by atoms with Gasteiger partial charge in [-0.3, -0.25) is 9.69 Å². The van der Waals surface area contributed by atoms with E-state index in [2.05, 4.69) is 23.8 Å². The zero-order chi connectivity index (χ0) is 13.1. The number of likely N-dealkylation sites (tertiary alicyclic amines) is 1. The van der Waals surface area contributed by atoms with Crippen molar-refractivity contribution in [2.24, 2.45) is 0 Å². The SMILES string of the molecule is CC[C@@H]1C[C@@H](O)CN1C(=O)CN1CCN(C)CC1. The lowest BCUT2D eigenvalue weighted by atomic mass is 10.1. The molecule has 104 valence electrons. The van der Waals surface area contributed by atoms with Crippen LogP contribution in [0.3, 0.4) is 0 Å². The molecule has 2 saturated heterocycles. The van der Waals surface area contributed by atoms with E-state index in [-0.39, 0.29) is 18.1 Å². The zero-order valence-electron chi connectivity index (χ0n) is 11.5. The molecule has 5 nitrogen and oxygen atoms in total. The summed E-state index contributed by atoms with van der Waals surface area (Å²) in [6, 6.07) is 0.236. The Morgan fingerprint density at radius 3 is 2.56 bits per heavy atom. The van der Waals surface area contributed by atoms with Crippen LogP contribution in [0.4, 0.5) is 0 Å². The summed E-state index contributed by atoms with van der Waals surface area (Å²) >= 11 is 0. The number of hydrogen-bond acceptors (Lipinski definition) is 4. The molecule has 0 radical (unpaired) electrons. The summed E-state index contributed by atoms with van der Waals surface area (Å²) < 4.78 is 0. The molecule has 0 saturated carbocycles. The van der Waals surface area contributed by atoms with Gasteiger partial charge in [-0.1, -0.05) is 6.92 Å². The van der Waals surface area contributed by atoms with Crippen LogP contribution in [-0.4, -0.2) is 84.2 Å². The molecule has 18 heavy (non-hydrogen) atoms. The molecule has 1 N–H and O–H groups in total. The lowest BCUT2D eigenvalue weighted by Gasteiger charge is -2.33. The van der Waals surface area contributed by atoms with Crippen LogP contribution in [0.1, 0.15) is 19.8 Å². The van der Waals surface area contributed by atoms with E-state index >= 15 is 0 Å². The Morgan fingerprint density at radius 2 is 1.94 bits per heavy atom. The van der Waals surface area contributed by atoms with E-state index in [4.69, 9.17) is 0 Å². The number of β-amino-alcohol motifs (C(OH)–C–C–N with tert-alkyl or cyclic N) is 1. The first kappa shape index (κ1) is 13.8. The van der Waals surface area contributed by atoms with Crippen molar-refractivity contribution >= 4 is 5.91 Å². The van der Waals surface area contributed by atoms with E-state index in [1.54, 1.807) is 0 Å². The first-order valence-electron chi connectivity index (χ1n) is 6.98. The molecule has 0 aliphatic carbocycles. The number of hydrogen-bond donors (Lipinski definition) is 1. The molecule has 2 aliphatic heterocycles. The Morgan fingerprint density at radius 1 is 1.28 bits per heavy atom. The topological polar surface area (TPSA) is 47.0 Å². The van der Waals surface area contributed by atoms with Crippen LogP contribution in [0.5, 0.6) is 0 Å². The van der Waals surface area contributed by atoms with Crippen molar-refractivity contribution in [3.8, 4) is 0 Å². The van der Waals surface area contributed by atoms with E-state index in [1.165, 1.54) is 0 Å². The van der Waals surface area contributed by atoms with Crippen LogP contribution in [0.15, 0.2) is 0 Å². The third kappa shape index (κ3) is 3.22. The fourth-order valence-corrected chi connectivity index (χ4v) is 2.87. The number of nitrogens with zero attached hydrogens (tertiary/aromatic N) is 3. The summed E-state index contributed by atoms with van der Waals surface area (Å²) in [4.78, 5) is 18.7. The van der Waals surface area contributed by atoms with Crippen LogP contribution in [0.25, 0.3) is 0 Å². The molecule has 0 aromatic carbocycles. The molecule has 2 heterocycles. The zero-order valence-corrected chi connectivity index (χ0v) is 11.5. The number of amides is 1. The summed E-state index contributed by atoms with van der Waals surface area (Å²) in [7, 11) is 2.11. The molecular weight excluding hydrogens is 230 g/mol. The Balaban J connectivity index is 1.84. The summed E-state index contributed by atoms with van der Waals surface area (Å²) in [5, 5.41) is 9.68. The average molecular weight is 255 g/mol. The van der Waals surface area contributed by atoms with Gasteiger partial charge in [-0.2, -0.15) is 0 Å². The number of carbonyl (C=O) groups excluding carboxylic acids is 1. The number of aliphatic hydroxyl groups excluding tert-OH is 1. The van der Waals surface area contributed by atoms with Gasteiger partial charge >= 0.3 is 0 Å². The number of rotatable bonds is 3. The highest BCUT2D eigenvalue weighted by Gasteiger charge is 2.33. The molecule has 2 fully saturated rings. The van der Waals surface area contributed by atoms with Crippen LogP contribution < -0.4 is 0 Å². The summed E-state index contributed by atoms with van der Waals surface area (Å²) in [5.41, 5.74) is 0. The normalized spacial score (nSPS) is 30.9. The fourth-order valence-electron chi connectivity index (χ4n) is 2.87. The van der Waals surface area contributed by atoms with Gasteiger partial charge in [0.25, 0.3) is 0 Å². The Hall–Kier alpha value is -0.650. The Bertz CT molecular complexity index is 290. The van der Waals surface area contributed by atoms with Crippen LogP contribution in [0.2, 0.25) is 0 Å². The van der Waals surface area contributed by atoms with Gasteiger partial charge in [-0.05, 0) is 19.9 Å². The van der Waals surface area contributed by atoms with Crippen molar-refractivity contribution < 1.29 is 9.90 Å². The number of likely N-dealkylation sites (N-methyl/N-ethyl adjacent to an activating group) is 1. The van der Waals surface area contributed by atoms with Crippen LogP contribution in [0, 0.1) is 0 Å². The van der Waals surface area contributed by atoms with Gasteiger partial charge in [0.05, 0.1) is 12.6 Å². The van der Waals surface area contributed by atoms with Gasteiger partial charge in [0.15, 0.2) is 0 Å². The van der Waals surface area contributed by atoms with E-state index in [0.29, 0.717) is 13.1 Å². The third-order valence-corrected chi connectivity index (χ3v) is 4.14. The van der Waals surface area contributed by atoms with Gasteiger partial charge in [0, 0.05) is 38.8 Å². The van der Waals surface area contributed by atoms with Crippen LogP contribution in [-0.2, 0) is 4.79 Å². The van der Waals surface area contributed by atoms with Crippen molar-refractivity contribution in [3.05, 3.63) is 0 Å². The summed E-state index contributed by atoms with van der Waals surface area (Å²) in [5.74, 6) is 0.183. The van der Waals surface area contributed by atoms with Crippen molar-refractivity contribution in [2.45, 2.75) is 31.9 Å². The molecule has 0 aromatic heterocycles. The predicted molar refractivity (Wildman–Crippen MR) is 70.4 cm³/mol. The van der Waals surface area contributed by atoms with E-state index < -0.39 is 0 Å². The lowest BCUT2D eigenvalue weighted by molar-refractivity contribution is -0.134. The molecule has 2 rings (SSSR count). The Kier molecular flexibility index (Phi) is 4.59. The predicted octanol–water partition coefficient (Wildman–Crippen LogP) is -0.394. The smallest absolute Gasteiger partial charge is 0.237 e. The van der Waals surface area contributed by atoms with Gasteiger partial charge in [-0.25, -0.2) is 0 Å². The average Bonchev–Trinajstić information content (AvgIpc) is 2.73. The minimum Gasteiger partial charge on any atom is -0.391 e. The molecule has 0 spiro atoms. The van der Waals surface area contributed by atoms with E-state index in [1.807, 2.05) is 4.90 Å². The second-order valence-electron chi connectivity index (χ2n) is 5.58. The maximum Gasteiger partial charge on any atom is 0.237 e. The Labute approximate surface area is 109 Å². The van der Waals surface area contributed by atoms with Gasteiger partial charge in [-0.15, -0.1) is 0 Å². The monoisotopic (exact) mass is 255 g/mol. The molecule has 2 atom stereocenters. The molecule has 0 unspecified atom stereocenters. The largest absolute Gasteiger partial charge is 0.391 e. The molecule has 0 aromatic rings. The molecule has 5 heteroatoms. The number of aliphatic hydroxyl groups is 1. The molecular formula is C13H25N3O2. The van der Waals surface area contributed by atoms with Crippen LogP contribution >= 0.6 is 0 Å². The van der Waals surface area contributed by atoms with E-state index in [9.17, 15) is 9.90 Å². The second-order valence-corrected chi connectivity index (χ2v) is 5.58. The molecule has 0 bridgehead atoms. The van der Waals surface area contributed by atoms with Gasteiger partial charge in [0.1, 0.15) is 0 Å². The minimum atomic E-state index is -0.327. The molecule has 1 amide bonds. The highest BCUT2D eigenvalue weighted by molar-refractivity contribution is 5.79. The summed E-state index contributed by atoms with van der Waals surface area (Å²) in [6.07, 6.45) is 1.35. The summed E-state index contributed by atoms with van der Waals surface area (Å²) in [6.45, 7) is 7.12. The standard InChI is InChI=1S/C13H25N3O2/c1-3-11-8-12(17)9-16(11)13(18)10-15-6-4-14(2)5-7-15/h11-12,17H,3-10H2,1-2H3/t11-,12-/m1/s1. The minimum absolute atomic E-state index is 0.183. The van der Waals surface area contributed by atoms with Gasteiger partial charge < -0.3 is 14.9 Å². The van der Waals surface area contributed by atoms with Crippen molar-refractivity contribution in [3.63, 3.8) is 0 Å². The number of carbonyl (C=O) groups is 1. The second kappa shape index (κ2) is 5.99. The highest BCUT2D eigenvalue weighted by atomic mass is 16.3. The fraction of sp³-hybridized carbons (Fsp3) is 0.923. The third-order valence-electron chi connectivity index (χ3n) is 4.14. The molecule has 2 aliphatic rings. The lowest BCUT2D eigenvalue weighted by Crippen LogP contribution is -2.49. The van der Waals surface area contributed by atoms with Crippen molar-refractivity contribution in [1.82, 2.24) is 14.7 Å². The maximum atomic E-state index is 12.3. The van der Waals surface area contributed by atoms with Crippen molar-refractivity contribution in [2.75, 3.05) is 46.3 Å². The highest BCUT2D eigenvalue weighted by Crippen LogP contribution is 2.20. The van der Waals surface area contributed by atoms with Crippen molar-refractivity contribution in [1.29, 1.82) is 0 Å². The number of piperazine rings is 1. The quantitative estimate of drug-likeness (QED) is 0.746. The first-order valence-corrected chi connectivity index (χ1v) is 6.98. The van der Waals surface area contributed by atoms with Gasteiger partial charge in [0.2, 0.25) is 5.91 Å².